The van der Waals surface area contributed by atoms with Gasteiger partial charge in [-0.25, -0.2) is 22.6 Å². The standard InChI is InChI=1S/C27H28ClFN4O7S/c1-27(2,3)40-26(36)30-11-12-39-22-14-18(41(4,37)38)7-8-19(22)24(34)32-21-9-6-17(29)13-20(21)25(35)33-23-10-5-16(28)15-31-23/h5-10,13-15H,11-12H2,1-4H3,(H,30,36)(H,32,34)(H,31,33,35). The number of hydrogen-bond donors (Lipinski definition) is 3. The Morgan fingerprint density at radius 1 is 0.976 bits per heavy atom. The quantitative estimate of drug-likeness (QED) is 0.297. The van der Waals surface area contributed by atoms with Crippen molar-refractivity contribution in [3.63, 3.8) is 0 Å². The van der Waals surface area contributed by atoms with Crippen molar-refractivity contribution in [1.82, 2.24) is 10.3 Å². The summed E-state index contributed by atoms with van der Waals surface area (Å²) in [5.41, 5.74) is -1.02. The molecule has 3 rings (SSSR count). The fourth-order valence-corrected chi connectivity index (χ4v) is 4.05. The first kappa shape index (κ1) is 31.3. The second-order valence-electron chi connectivity index (χ2n) is 9.67. The number of sulfone groups is 1. The number of amides is 3. The Kier molecular flexibility index (Phi) is 9.89. The number of anilines is 2. The van der Waals surface area contributed by atoms with Crippen LogP contribution in [0.5, 0.6) is 5.75 Å². The molecule has 14 heteroatoms. The van der Waals surface area contributed by atoms with Crippen LogP contribution < -0.4 is 20.7 Å². The first-order valence-electron chi connectivity index (χ1n) is 12.1. The molecular formula is C27H28ClFN4O7S. The van der Waals surface area contributed by atoms with Crippen LogP contribution in [0.3, 0.4) is 0 Å². The molecule has 1 heterocycles. The lowest BCUT2D eigenvalue weighted by Crippen LogP contribution is -2.34. The van der Waals surface area contributed by atoms with Crippen LogP contribution in [0.1, 0.15) is 41.5 Å². The average molecular weight is 607 g/mol. The third-order valence-corrected chi connectivity index (χ3v) is 6.43. The Balaban J connectivity index is 1.82. The minimum atomic E-state index is -3.66. The Morgan fingerprint density at radius 2 is 1.68 bits per heavy atom. The summed E-state index contributed by atoms with van der Waals surface area (Å²) in [7, 11) is -3.66. The van der Waals surface area contributed by atoms with Gasteiger partial charge in [-0.1, -0.05) is 11.6 Å². The zero-order valence-electron chi connectivity index (χ0n) is 22.6. The third kappa shape index (κ3) is 9.43. The van der Waals surface area contributed by atoms with Gasteiger partial charge >= 0.3 is 6.09 Å². The first-order chi connectivity index (χ1) is 19.1. The molecule has 0 radical (unpaired) electrons. The van der Waals surface area contributed by atoms with E-state index in [0.717, 1.165) is 18.4 Å². The van der Waals surface area contributed by atoms with Crippen molar-refractivity contribution in [2.45, 2.75) is 31.3 Å². The number of carbonyl (C=O) groups is 3. The second-order valence-corrected chi connectivity index (χ2v) is 12.1. The normalized spacial score (nSPS) is 11.4. The topological polar surface area (TPSA) is 153 Å². The van der Waals surface area contributed by atoms with Gasteiger partial charge in [-0.15, -0.1) is 0 Å². The number of nitrogens with zero attached hydrogens (tertiary/aromatic N) is 1. The summed E-state index contributed by atoms with van der Waals surface area (Å²) in [6.07, 6.45) is 1.63. The predicted molar refractivity (Wildman–Crippen MR) is 151 cm³/mol. The molecule has 0 saturated heterocycles. The fourth-order valence-electron chi connectivity index (χ4n) is 3.30. The molecule has 3 amide bonds. The smallest absolute Gasteiger partial charge is 0.407 e. The largest absolute Gasteiger partial charge is 0.491 e. The molecule has 2 aromatic carbocycles. The fraction of sp³-hybridized carbons (Fsp3) is 0.259. The van der Waals surface area contributed by atoms with E-state index < -0.39 is 39.2 Å². The van der Waals surface area contributed by atoms with E-state index in [9.17, 15) is 27.2 Å². The molecule has 0 aliphatic heterocycles. The predicted octanol–water partition coefficient (Wildman–Crippen LogP) is 4.69. The van der Waals surface area contributed by atoms with Crippen molar-refractivity contribution < 1.29 is 36.7 Å². The lowest BCUT2D eigenvalue weighted by atomic mass is 10.1. The number of aromatic nitrogens is 1. The highest BCUT2D eigenvalue weighted by atomic mass is 35.5. The highest BCUT2D eigenvalue weighted by Gasteiger charge is 2.21. The Morgan fingerprint density at radius 3 is 2.32 bits per heavy atom. The number of carbonyl (C=O) groups excluding carboxylic acids is 3. The van der Waals surface area contributed by atoms with Gasteiger partial charge in [-0.3, -0.25) is 9.59 Å². The summed E-state index contributed by atoms with van der Waals surface area (Å²) in [6.45, 7) is 4.96. The van der Waals surface area contributed by atoms with Crippen LogP contribution in [0.15, 0.2) is 59.6 Å². The van der Waals surface area contributed by atoms with Crippen molar-refractivity contribution in [2.24, 2.45) is 0 Å². The van der Waals surface area contributed by atoms with Gasteiger partial charge in [0.05, 0.1) is 33.3 Å². The van der Waals surface area contributed by atoms with Gasteiger partial charge in [0.15, 0.2) is 9.84 Å². The van der Waals surface area contributed by atoms with Crippen LogP contribution in [0, 0.1) is 5.82 Å². The summed E-state index contributed by atoms with van der Waals surface area (Å²) < 4.78 is 49.1. The molecule has 0 saturated carbocycles. The van der Waals surface area contributed by atoms with Gasteiger partial charge in [0.2, 0.25) is 0 Å². The molecule has 3 N–H and O–H groups in total. The Bertz CT molecular complexity index is 1560. The highest BCUT2D eigenvalue weighted by Crippen LogP contribution is 2.26. The molecule has 11 nitrogen and oxygen atoms in total. The van der Waals surface area contributed by atoms with Gasteiger partial charge in [0.1, 0.15) is 29.6 Å². The number of alkyl carbamates (subject to hydrolysis) is 1. The lowest BCUT2D eigenvalue weighted by Gasteiger charge is -2.20. The molecule has 0 aliphatic carbocycles. The molecule has 0 aliphatic rings. The van der Waals surface area contributed by atoms with Crippen molar-refractivity contribution in [3.8, 4) is 5.75 Å². The number of ether oxygens (including phenoxy) is 2. The van der Waals surface area contributed by atoms with E-state index in [1.54, 1.807) is 20.8 Å². The van der Waals surface area contributed by atoms with E-state index >= 15 is 0 Å². The van der Waals surface area contributed by atoms with Crippen molar-refractivity contribution in [2.75, 3.05) is 30.0 Å². The lowest BCUT2D eigenvalue weighted by molar-refractivity contribution is 0.0519. The molecule has 3 aromatic rings. The van der Waals surface area contributed by atoms with Gasteiger partial charge in [-0.05, 0) is 69.3 Å². The molecule has 0 unspecified atom stereocenters. The van der Waals surface area contributed by atoms with Crippen LogP contribution >= 0.6 is 11.6 Å². The number of pyridine rings is 1. The van der Waals surface area contributed by atoms with Crippen LogP contribution in [0.2, 0.25) is 5.02 Å². The van der Waals surface area contributed by atoms with Gasteiger partial charge in [-0.2, -0.15) is 0 Å². The molecule has 1 aromatic heterocycles. The molecule has 41 heavy (non-hydrogen) atoms. The summed E-state index contributed by atoms with van der Waals surface area (Å²) >= 11 is 5.81. The van der Waals surface area contributed by atoms with E-state index in [0.29, 0.717) is 5.02 Å². The number of halogens is 2. The van der Waals surface area contributed by atoms with Crippen molar-refractivity contribution in [3.05, 3.63) is 76.7 Å². The minimum Gasteiger partial charge on any atom is -0.491 e. The average Bonchev–Trinajstić information content (AvgIpc) is 2.87. The SMILES string of the molecule is CC(C)(C)OC(=O)NCCOc1cc(S(C)(=O)=O)ccc1C(=O)Nc1ccc(F)cc1C(=O)Nc1ccc(Cl)cn1. The van der Waals surface area contributed by atoms with E-state index in [4.69, 9.17) is 21.1 Å². The second kappa shape index (κ2) is 13.0. The van der Waals surface area contributed by atoms with Crippen molar-refractivity contribution in [1.29, 1.82) is 0 Å². The van der Waals surface area contributed by atoms with Gasteiger partial charge in [0.25, 0.3) is 11.8 Å². The van der Waals surface area contributed by atoms with Crippen LogP contribution in [0.25, 0.3) is 0 Å². The summed E-state index contributed by atoms with van der Waals surface area (Å²) in [6, 6.07) is 9.78. The van der Waals surface area contributed by atoms with Crippen LogP contribution in [-0.2, 0) is 14.6 Å². The molecule has 0 atom stereocenters. The van der Waals surface area contributed by atoms with E-state index in [1.165, 1.54) is 42.6 Å². The molecule has 0 bridgehead atoms. The van der Waals surface area contributed by atoms with Gasteiger partial charge < -0.3 is 25.4 Å². The van der Waals surface area contributed by atoms with Crippen molar-refractivity contribution >= 4 is 50.9 Å². The molecule has 0 fully saturated rings. The van der Waals surface area contributed by atoms with Crippen LogP contribution in [-0.4, -0.2) is 56.3 Å². The monoisotopic (exact) mass is 606 g/mol. The maximum absolute atomic E-state index is 14.1. The van der Waals surface area contributed by atoms with E-state index in [-0.39, 0.29) is 46.4 Å². The van der Waals surface area contributed by atoms with Crippen LogP contribution in [0.4, 0.5) is 20.7 Å². The minimum absolute atomic E-state index is 0.0138. The zero-order chi connectivity index (χ0) is 30.4. The molecular weight excluding hydrogens is 579 g/mol. The van der Waals surface area contributed by atoms with E-state index in [1.807, 2.05) is 0 Å². The van der Waals surface area contributed by atoms with E-state index in [2.05, 4.69) is 20.9 Å². The molecule has 218 valence electrons. The highest BCUT2D eigenvalue weighted by molar-refractivity contribution is 7.90. The maximum atomic E-state index is 14.1. The molecule has 0 spiro atoms. The number of nitrogens with one attached hydrogen (secondary N) is 3. The summed E-state index contributed by atoms with van der Waals surface area (Å²) in [4.78, 5) is 41.9. The van der Waals surface area contributed by atoms with Gasteiger partial charge in [0, 0.05) is 12.5 Å². The summed E-state index contributed by atoms with van der Waals surface area (Å²) in [5.74, 6) is -2.21. The zero-order valence-corrected chi connectivity index (χ0v) is 24.2. The first-order valence-corrected chi connectivity index (χ1v) is 14.4. The number of rotatable bonds is 9. The number of benzene rings is 2. The summed E-state index contributed by atoms with van der Waals surface area (Å²) in [5, 5.41) is 7.87. The Labute approximate surface area is 241 Å². The number of hydrogen-bond acceptors (Lipinski definition) is 8. The Hall–Kier alpha value is -4.23. The maximum Gasteiger partial charge on any atom is 0.407 e. The third-order valence-electron chi connectivity index (χ3n) is 5.10.